The molecule has 0 saturated carbocycles. The molecule has 0 saturated heterocycles. The van der Waals surface area contributed by atoms with Gasteiger partial charge in [-0.2, -0.15) is 0 Å². The number of benzene rings is 1. The second kappa shape index (κ2) is 6.81. The van der Waals surface area contributed by atoms with Gasteiger partial charge < -0.3 is 10.4 Å². The molecule has 1 aromatic carbocycles. The molecule has 92 valence electrons. The molecule has 0 aliphatic carbocycles. The summed E-state index contributed by atoms with van der Waals surface area (Å²) >= 11 is 0. The van der Waals surface area contributed by atoms with Crippen LogP contribution in [0.3, 0.4) is 0 Å². The van der Waals surface area contributed by atoms with Crippen molar-refractivity contribution < 1.29 is 14.3 Å². The molecule has 1 rings (SSSR count). The lowest BCUT2D eigenvalue weighted by atomic mass is 10.2. The molecule has 1 amide bonds. The number of hydrogen-bond donors (Lipinski definition) is 2. The summed E-state index contributed by atoms with van der Waals surface area (Å²) in [6.07, 6.45) is 2.76. The molecular weight excluding hydrogens is 221 g/mol. The minimum atomic E-state index is -0.439. The molecule has 0 aliphatic rings. The van der Waals surface area contributed by atoms with Crippen molar-refractivity contribution >= 4 is 12.0 Å². The van der Waals surface area contributed by atoms with Crippen molar-refractivity contribution in [3.63, 3.8) is 0 Å². The van der Waals surface area contributed by atoms with Crippen LogP contribution >= 0.6 is 0 Å². The van der Waals surface area contributed by atoms with Crippen LogP contribution in [0.1, 0.15) is 18.9 Å². The van der Waals surface area contributed by atoms with E-state index in [-0.39, 0.29) is 11.7 Å². The summed E-state index contributed by atoms with van der Waals surface area (Å²) in [6, 6.07) is 6.23. The highest BCUT2D eigenvalue weighted by molar-refractivity contribution is 5.91. The first kappa shape index (κ1) is 13.4. The van der Waals surface area contributed by atoms with E-state index in [1.54, 1.807) is 25.1 Å². The van der Waals surface area contributed by atoms with Gasteiger partial charge in [-0.1, -0.05) is 18.2 Å². The number of amides is 1. The molecule has 1 atom stereocenters. The fourth-order valence-electron chi connectivity index (χ4n) is 1.24. The van der Waals surface area contributed by atoms with E-state index >= 15 is 0 Å². The Labute approximate surface area is 100.0 Å². The SMILES string of the molecule is CC(O)CCNC(=O)C=Cc1ccccc1F. The smallest absolute Gasteiger partial charge is 0.244 e. The molecule has 17 heavy (non-hydrogen) atoms. The third-order valence-electron chi connectivity index (χ3n) is 2.18. The van der Waals surface area contributed by atoms with Gasteiger partial charge in [0.1, 0.15) is 5.82 Å². The van der Waals surface area contributed by atoms with Gasteiger partial charge >= 0.3 is 0 Å². The summed E-state index contributed by atoms with van der Waals surface area (Å²) < 4.78 is 13.2. The first-order valence-corrected chi connectivity index (χ1v) is 5.48. The van der Waals surface area contributed by atoms with Crippen LogP contribution in [0.4, 0.5) is 4.39 Å². The summed E-state index contributed by atoms with van der Waals surface area (Å²) in [7, 11) is 0. The van der Waals surface area contributed by atoms with Crippen LogP contribution in [0.2, 0.25) is 0 Å². The third-order valence-corrected chi connectivity index (χ3v) is 2.18. The number of carbonyl (C=O) groups is 1. The zero-order valence-electron chi connectivity index (χ0n) is 9.69. The molecule has 0 heterocycles. The molecule has 0 aromatic heterocycles. The molecule has 0 radical (unpaired) electrons. The zero-order valence-corrected chi connectivity index (χ0v) is 9.69. The van der Waals surface area contributed by atoms with Gasteiger partial charge in [-0.05, 0) is 25.5 Å². The predicted octanol–water partition coefficient (Wildman–Crippen LogP) is 1.73. The number of aliphatic hydroxyl groups is 1. The van der Waals surface area contributed by atoms with E-state index in [0.717, 1.165) is 0 Å². The monoisotopic (exact) mass is 237 g/mol. The first-order chi connectivity index (χ1) is 8.09. The number of rotatable bonds is 5. The fourth-order valence-corrected chi connectivity index (χ4v) is 1.24. The minimum absolute atomic E-state index is 0.297. The van der Waals surface area contributed by atoms with Crippen LogP contribution in [0.25, 0.3) is 6.08 Å². The van der Waals surface area contributed by atoms with Crippen molar-refractivity contribution in [2.45, 2.75) is 19.4 Å². The highest BCUT2D eigenvalue weighted by Crippen LogP contribution is 2.07. The van der Waals surface area contributed by atoms with Gasteiger partial charge in [0.2, 0.25) is 5.91 Å². The maximum absolute atomic E-state index is 13.2. The van der Waals surface area contributed by atoms with Gasteiger partial charge in [0.05, 0.1) is 6.10 Å². The van der Waals surface area contributed by atoms with Crippen LogP contribution in [0, 0.1) is 5.82 Å². The standard InChI is InChI=1S/C13H16FNO2/c1-10(16)8-9-15-13(17)7-6-11-4-2-3-5-12(11)14/h2-7,10,16H,8-9H2,1H3,(H,15,17). The molecule has 0 aliphatic heterocycles. The average molecular weight is 237 g/mol. The summed E-state index contributed by atoms with van der Waals surface area (Å²) in [5.74, 6) is -0.658. The highest BCUT2D eigenvalue weighted by atomic mass is 19.1. The summed E-state index contributed by atoms with van der Waals surface area (Å²) in [6.45, 7) is 2.06. The van der Waals surface area contributed by atoms with Gasteiger partial charge in [-0.15, -0.1) is 0 Å². The number of halogens is 1. The van der Waals surface area contributed by atoms with Crippen molar-refractivity contribution in [3.05, 3.63) is 41.7 Å². The Morgan fingerprint density at radius 1 is 1.53 bits per heavy atom. The van der Waals surface area contributed by atoms with E-state index in [2.05, 4.69) is 5.32 Å². The fraction of sp³-hybridized carbons (Fsp3) is 0.308. The Kier molecular flexibility index (Phi) is 5.36. The Morgan fingerprint density at radius 3 is 2.88 bits per heavy atom. The molecule has 2 N–H and O–H groups in total. The van der Waals surface area contributed by atoms with Crippen molar-refractivity contribution in [2.24, 2.45) is 0 Å². The topological polar surface area (TPSA) is 49.3 Å². The summed E-state index contributed by atoms with van der Waals surface area (Å²) in [5, 5.41) is 11.6. The van der Waals surface area contributed by atoms with Gasteiger partial charge in [0.15, 0.2) is 0 Å². The van der Waals surface area contributed by atoms with Crippen molar-refractivity contribution in [1.29, 1.82) is 0 Å². The Morgan fingerprint density at radius 2 is 2.24 bits per heavy atom. The summed E-state index contributed by atoms with van der Waals surface area (Å²) in [5.41, 5.74) is 0.373. The molecule has 0 spiro atoms. The maximum Gasteiger partial charge on any atom is 0.244 e. The number of hydrogen-bond acceptors (Lipinski definition) is 2. The molecule has 3 nitrogen and oxygen atoms in total. The number of nitrogens with one attached hydrogen (secondary N) is 1. The highest BCUT2D eigenvalue weighted by Gasteiger charge is 1.99. The van der Waals surface area contributed by atoms with E-state index in [1.165, 1.54) is 18.2 Å². The quantitative estimate of drug-likeness (QED) is 0.766. The van der Waals surface area contributed by atoms with Crippen LogP contribution < -0.4 is 5.32 Å². The lowest BCUT2D eigenvalue weighted by molar-refractivity contribution is -0.116. The van der Waals surface area contributed by atoms with Crippen LogP contribution in [-0.2, 0) is 4.79 Å². The molecule has 0 bridgehead atoms. The Balaban J connectivity index is 2.43. The largest absolute Gasteiger partial charge is 0.393 e. The van der Waals surface area contributed by atoms with Crippen LogP contribution in [0.15, 0.2) is 30.3 Å². The van der Waals surface area contributed by atoms with E-state index in [4.69, 9.17) is 5.11 Å². The molecular formula is C13H16FNO2. The van der Waals surface area contributed by atoms with Crippen LogP contribution in [0.5, 0.6) is 0 Å². The molecule has 4 heteroatoms. The zero-order chi connectivity index (χ0) is 12.7. The maximum atomic E-state index is 13.2. The molecule has 0 fully saturated rings. The molecule has 1 aromatic rings. The van der Waals surface area contributed by atoms with Crippen LogP contribution in [-0.4, -0.2) is 23.7 Å². The van der Waals surface area contributed by atoms with E-state index in [0.29, 0.717) is 18.5 Å². The van der Waals surface area contributed by atoms with Crippen molar-refractivity contribution in [3.8, 4) is 0 Å². The minimum Gasteiger partial charge on any atom is -0.393 e. The van der Waals surface area contributed by atoms with Crippen molar-refractivity contribution in [1.82, 2.24) is 5.32 Å². The summed E-state index contributed by atoms with van der Waals surface area (Å²) in [4.78, 5) is 11.3. The van der Waals surface area contributed by atoms with Crippen molar-refractivity contribution in [2.75, 3.05) is 6.54 Å². The van der Waals surface area contributed by atoms with Gasteiger partial charge in [0.25, 0.3) is 0 Å². The average Bonchev–Trinajstić information content (AvgIpc) is 2.27. The Bertz CT molecular complexity index is 402. The van der Waals surface area contributed by atoms with Gasteiger partial charge in [-0.3, -0.25) is 4.79 Å². The van der Waals surface area contributed by atoms with Gasteiger partial charge in [0, 0.05) is 18.2 Å². The first-order valence-electron chi connectivity index (χ1n) is 5.48. The van der Waals surface area contributed by atoms with E-state index in [1.807, 2.05) is 0 Å². The second-order valence-electron chi connectivity index (χ2n) is 3.78. The normalized spacial score (nSPS) is 12.6. The van der Waals surface area contributed by atoms with E-state index < -0.39 is 6.10 Å². The lowest BCUT2D eigenvalue weighted by Gasteiger charge is -2.04. The molecule has 1 unspecified atom stereocenters. The van der Waals surface area contributed by atoms with E-state index in [9.17, 15) is 9.18 Å². The third kappa shape index (κ3) is 5.26. The predicted molar refractivity (Wildman–Crippen MR) is 64.7 cm³/mol. The number of aliphatic hydroxyl groups excluding tert-OH is 1. The Hall–Kier alpha value is -1.68. The van der Waals surface area contributed by atoms with Gasteiger partial charge in [-0.25, -0.2) is 4.39 Å². The second-order valence-corrected chi connectivity index (χ2v) is 3.78. The number of carbonyl (C=O) groups excluding carboxylic acids is 1. The lowest BCUT2D eigenvalue weighted by Crippen LogP contribution is -2.24.